The van der Waals surface area contributed by atoms with Crippen LogP contribution in [-0.4, -0.2) is 63.8 Å². The first-order valence-corrected chi connectivity index (χ1v) is 12.7. The largest absolute Gasteiger partial charge is 0.488 e. The number of fused-ring (bicyclic) bond motifs is 1. The molecule has 0 aromatic heterocycles. The van der Waals surface area contributed by atoms with E-state index in [0.717, 1.165) is 30.1 Å². The second kappa shape index (κ2) is 9.72. The van der Waals surface area contributed by atoms with Gasteiger partial charge in [-0.1, -0.05) is 30.3 Å². The molecule has 2 aromatic rings. The van der Waals surface area contributed by atoms with Gasteiger partial charge in [0, 0.05) is 37.6 Å². The van der Waals surface area contributed by atoms with Crippen LogP contribution in [0, 0.1) is 0 Å². The van der Waals surface area contributed by atoms with Crippen molar-refractivity contribution >= 4 is 35.1 Å². The summed E-state index contributed by atoms with van der Waals surface area (Å²) in [6, 6.07) is 12.3. The summed E-state index contributed by atoms with van der Waals surface area (Å²) in [7, 11) is 0. The Morgan fingerprint density at radius 1 is 0.912 bits per heavy atom. The highest BCUT2D eigenvalue weighted by Crippen LogP contribution is 2.34. The van der Waals surface area contributed by atoms with Gasteiger partial charge in [-0.15, -0.1) is 0 Å². The third kappa shape index (κ3) is 4.52. The molecule has 2 fully saturated rings. The highest BCUT2D eigenvalue weighted by molar-refractivity contribution is 7.99. The number of hydrogen-bond acceptors (Lipinski definition) is 7. The van der Waals surface area contributed by atoms with Crippen LogP contribution >= 0.6 is 11.8 Å². The van der Waals surface area contributed by atoms with Crippen LogP contribution in [0.5, 0.6) is 5.75 Å². The number of ether oxygens (including phenoxy) is 1. The highest BCUT2D eigenvalue weighted by atomic mass is 32.2. The van der Waals surface area contributed by atoms with Gasteiger partial charge >= 0.3 is 0 Å². The van der Waals surface area contributed by atoms with Gasteiger partial charge in [0.25, 0.3) is 11.8 Å². The van der Waals surface area contributed by atoms with Crippen LogP contribution < -0.4 is 4.74 Å². The van der Waals surface area contributed by atoms with Crippen LogP contribution in [0.3, 0.4) is 0 Å². The van der Waals surface area contributed by atoms with Crippen molar-refractivity contribution < 1.29 is 23.9 Å². The maximum absolute atomic E-state index is 13.2. The Bertz CT molecular complexity index is 1140. The zero-order chi connectivity index (χ0) is 23.7. The number of amides is 2. The van der Waals surface area contributed by atoms with Gasteiger partial charge in [-0.05, 0) is 29.7 Å². The van der Waals surface area contributed by atoms with Crippen molar-refractivity contribution in [1.82, 2.24) is 9.80 Å². The molecule has 2 aliphatic heterocycles. The van der Waals surface area contributed by atoms with E-state index in [4.69, 9.17) is 4.74 Å². The smallest absolute Gasteiger partial charge is 0.266 e. The average molecular weight is 479 g/mol. The summed E-state index contributed by atoms with van der Waals surface area (Å²) in [5.74, 6) is 1.13. The summed E-state index contributed by atoms with van der Waals surface area (Å²) in [6.07, 6.45) is 0.149. The lowest BCUT2D eigenvalue weighted by molar-refractivity contribution is -0.132. The zero-order valence-electron chi connectivity index (χ0n) is 18.8. The molecule has 1 unspecified atom stereocenters. The molecule has 7 nitrogen and oxygen atoms in total. The predicted octanol–water partition coefficient (Wildman–Crippen LogP) is 3.10. The van der Waals surface area contributed by atoms with Gasteiger partial charge in [0.1, 0.15) is 18.1 Å². The van der Waals surface area contributed by atoms with Crippen molar-refractivity contribution in [3.8, 4) is 5.75 Å². The molecule has 1 saturated carbocycles. The van der Waals surface area contributed by atoms with Crippen LogP contribution in [0.4, 0.5) is 0 Å². The number of rotatable bonds is 6. The summed E-state index contributed by atoms with van der Waals surface area (Å²) >= 11 is 2.00. The first kappa shape index (κ1) is 22.8. The van der Waals surface area contributed by atoms with Crippen molar-refractivity contribution in [1.29, 1.82) is 0 Å². The van der Waals surface area contributed by atoms with Crippen molar-refractivity contribution in [3.05, 3.63) is 64.7 Å². The van der Waals surface area contributed by atoms with Crippen LogP contribution in [-0.2, 0) is 22.7 Å². The Kier molecular flexibility index (Phi) is 6.52. The average Bonchev–Trinajstić information content (AvgIpc) is 3.10. The van der Waals surface area contributed by atoms with E-state index in [9.17, 15) is 19.2 Å². The lowest BCUT2D eigenvalue weighted by Gasteiger charge is -2.27. The molecule has 8 heteroatoms. The van der Waals surface area contributed by atoms with E-state index in [0.29, 0.717) is 5.75 Å². The molecule has 2 aromatic carbocycles. The Labute approximate surface area is 202 Å². The van der Waals surface area contributed by atoms with Gasteiger partial charge in [0.15, 0.2) is 5.78 Å². The first-order chi connectivity index (χ1) is 16.5. The number of carbonyl (C=O) groups is 4. The fourth-order valence-electron chi connectivity index (χ4n) is 4.73. The van der Waals surface area contributed by atoms with Crippen LogP contribution in [0.25, 0.3) is 0 Å². The second-order valence-corrected chi connectivity index (χ2v) is 10.1. The second-order valence-electron chi connectivity index (χ2n) is 8.89. The molecular formula is C26H26N2O5S. The molecule has 0 bridgehead atoms. The maximum Gasteiger partial charge on any atom is 0.266 e. The fraction of sp³-hybridized carbons (Fsp3) is 0.385. The molecule has 0 N–H and O–H groups in total. The minimum atomic E-state index is -0.885. The monoisotopic (exact) mass is 478 g/mol. The van der Waals surface area contributed by atoms with Crippen molar-refractivity contribution in [3.63, 3.8) is 0 Å². The highest BCUT2D eigenvalue weighted by Gasteiger charge is 2.45. The van der Waals surface area contributed by atoms with E-state index in [1.165, 1.54) is 17.1 Å². The van der Waals surface area contributed by atoms with Gasteiger partial charge in [-0.25, -0.2) is 0 Å². The standard InChI is InChI=1S/C26H26N2O5S/c29-19-8-9-21(22(30)14-19)28-25(31)20-2-1-3-23(24(20)26(28)32)33-16-18-6-4-17(5-7-18)15-27-10-12-34-13-11-27/h1-7,21H,8-16H2. The molecule has 3 aliphatic rings. The van der Waals surface area contributed by atoms with E-state index in [1.807, 2.05) is 23.9 Å². The molecule has 34 heavy (non-hydrogen) atoms. The third-order valence-electron chi connectivity index (χ3n) is 6.59. The SMILES string of the molecule is O=C1CCC(N2C(=O)c3cccc(OCc4ccc(CN5CCSCC5)cc4)c3C2=O)C(=O)C1. The Morgan fingerprint density at radius 3 is 2.38 bits per heavy atom. The zero-order valence-corrected chi connectivity index (χ0v) is 19.6. The summed E-state index contributed by atoms with van der Waals surface area (Å²) < 4.78 is 5.97. The number of carbonyl (C=O) groups excluding carboxylic acids is 4. The van der Waals surface area contributed by atoms with Crippen molar-refractivity contribution in [2.75, 3.05) is 24.6 Å². The minimum absolute atomic E-state index is 0.150. The van der Waals surface area contributed by atoms with E-state index in [-0.39, 0.29) is 48.6 Å². The number of Topliss-reactive ketones (excluding diaryl/α,β-unsaturated/α-hetero) is 2. The molecule has 5 rings (SSSR count). The molecule has 2 heterocycles. The van der Waals surface area contributed by atoms with E-state index >= 15 is 0 Å². The van der Waals surface area contributed by atoms with Gasteiger partial charge in [0.2, 0.25) is 0 Å². The van der Waals surface area contributed by atoms with E-state index in [2.05, 4.69) is 17.0 Å². The molecule has 1 saturated heterocycles. The van der Waals surface area contributed by atoms with Crippen LogP contribution in [0.2, 0.25) is 0 Å². The van der Waals surface area contributed by atoms with Crippen LogP contribution in [0.1, 0.15) is 51.1 Å². The Hall–Kier alpha value is -2.97. The summed E-state index contributed by atoms with van der Waals surface area (Å²) in [4.78, 5) is 53.6. The Balaban J connectivity index is 1.27. The summed E-state index contributed by atoms with van der Waals surface area (Å²) in [5.41, 5.74) is 2.65. The van der Waals surface area contributed by atoms with Gasteiger partial charge in [0.05, 0.1) is 23.6 Å². The van der Waals surface area contributed by atoms with Gasteiger partial charge in [-0.2, -0.15) is 11.8 Å². The lowest BCUT2D eigenvalue weighted by Crippen LogP contribution is -2.47. The van der Waals surface area contributed by atoms with E-state index in [1.54, 1.807) is 18.2 Å². The van der Waals surface area contributed by atoms with Crippen molar-refractivity contribution in [2.24, 2.45) is 0 Å². The number of benzene rings is 2. The maximum atomic E-state index is 13.2. The number of hydrogen-bond donors (Lipinski definition) is 0. The Morgan fingerprint density at radius 2 is 1.65 bits per heavy atom. The molecule has 2 amide bonds. The topological polar surface area (TPSA) is 84.0 Å². The number of nitrogens with zero attached hydrogens (tertiary/aromatic N) is 2. The molecule has 176 valence electrons. The fourth-order valence-corrected chi connectivity index (χ4v) is 5.71. The summed E-state index contributed by atoms with van der Waals surface area (Å²) in [5, 5.41) is 0. The number of thioether (sulfide) groups is 1. The summed E-state index contributed by atoms with van der Waals surface area (Å²) in [6.45, 7) is 3.42. The molecule has 1 atom stereocenters. The molecular weight excluding hydrogens is 452 g/mol. The quantitative estimate of drug-likeness (QED) is 0.466. The molecule has 0 radical (unpaired) electrons. The van der Waals surface area contributed by atoms with E-state index < -0.39 is 17.9 Å². The van der Waals surface area contributed by atoms with Crippen LogP contribution in [0.15, 0.2) is 42.5 Å². The predicted molar refractivity (Wildman–Crippen MR) is 128 cm³/mol. The number of ketones is 2. The normalized spacial score (nSPS) is 21.2. The van der Waals surface area contributed by atoms with Crippen molar-refractivity contribution in [2.45, 2.75) is 38.5 Å². The first-order valence-electron chi connectivity index (χ1n) is 11.6. The van der Waals surface area contributed by atoms with Gasteiger partial charge < -0.3 is 4.74 Å². The minimum Gasteiger partial charge on any atom is -0.488 e. The number of imide groups is 1. The molecule has 0 spiro atoms. The van der Waals surface area contributed by atoms with Gasteiger partial charge in [-0.3, -0.25) is 29.0 Å². The third-order valence-corrected chi connectivity index (χ3v) is 7.53. The molecule has 1 aliphatic carbocycles. The lowest BCUT2D eigenvalue weighted by atomic mass is 9.92.